The number of nitrogens with zero attached hydrogens (tertiary/aromatic N) is 5. The molecule has 7 nitrogen and oxygen atoms in total. The lowest BCUT2D eigenvalue weighted by Gasteiger charge is -2.42. The van der Waals surface area contributed by atoms with Crippen molar-refractivity contribution in [2.75, 3.05) is 19.6 Å². The molecule has 2 fully saturated rings. The van der Waals surface area contributed by atoms with Crippen molar-refractivity contribution < 1.29 is 4.79 Å². The van der Waals surface area contributed by atoms with Crippen molar-refractivity contribution in [3.8, 4) is 0 Å². The Bertz CT molecular complexity index is 735. The van der Waals surface area contributed by atoms with E-state index in [0.717, 1.165) is 39.0 Å². The second-order valence-electron chi connectivity index (χ2n) is 7.67. The Balaban J connectivity index is 1.51. The maximum absolute atomic E-state index is 13.2. The van der Waals surface area contributed by atoms with Crippen LogP contribution in [0.25, 0.3) is 0 Å². The van der Waals surface area contributed by atoms with Gasteiger partial charge in [-0.25, -0.2) is 4.98 Å². The molecule has 3 heterocycles. The van der Waals surface area contributed by atoms with Gasteiger partial charge in [0.15, 0.2) is 0 Å². The van der Waals surface area contributed by atoms with E-state index in [1.165, 1.54) is 18.4 Å². The molecule has 4 rings (SSSR count). The Labute approximate surface area is 154 Å². The van der Waals surface area contributed by atoms with Gasteiger partial charge in [0.25, 0.3) is 0 Å². The Morgan fingerprint density at radius 1 is 1.42 bits per heavy atom. The number of nitrogens with one attached hydrogen (secondary N) is 1. The number of aryl methyl sites for hydroxylation is 1. The molecule has 1 aliphatic heterocycles. The molecule has 26 heavy (non-hydrogen) atoms. The van der Waals surface area contributed by atoms with Crippen molar-refractivity contribution in [3.05, 3.63) is 36.7 Å². The monoisotopic (exact) mass is 356 g/mol. The van der Waals surface area contributed by atoms with Gasteiger partial charge in [0.05, 0.1) is 12.5 Å². The molecule has 2 aromatic heterocycles. The first kappa shape index (κ1) is 17.3. The fourth-order valence-electron chi connectivity index (χ4n) is 3.93. The van der Waals surface area contributed by atoms with E-state index < -0.39 is 5.54 Å². The number of rotatable bonds is 7. The number of carbonyl (C=O) groups excluding carboxylic acids is 1. The van der Waals surface area contributed by atoms with Crippen LogP contribution in [0.4, 0.5) is 0 Å². The van der Waals surface area contributed by atoms with Crippen molar-refractivity contribution in [2.24, 2.45) is 5.92 Å². The van der Waals surface area contributed by atoms with Crippen LogP contribution in [-0.4, -0.2) is 49.8 Å². The van der Waals surface area contributed by atoms with E-state index in [2.05, 4.69) is 33.4 Å². The molecule has 1 saturated carbocycles. The third kappa shape index (κ3) is 3.53. The average molecular weight is 356 g/mol. The van der Waals surface area contributed by atoms with Crippen molar-refractivity contribution in [1.29, 1.82) is 0 Å². The number of amides is 1. The van der Waals surface area contributed by atoms with Crippen LogP contribution in [0.3, 0.4) is 0 Å². The Morgan fingerprint density at radius 3 is 3.00 bits per heavy atom. The van der Waals surface area contributed by atoms with Gasteiger partial charge in [0, 0.05) is 50.3 Å². The first-order valence-corrected chi connectivity index (χ1v) is 9.70. The van der Waals surface area contributed by atoms with E-state index in [0.29, 0.717) is 12.5 Å². The Morgan fingerprint density at radius 2 is 2.31 bits per heavy atom. The summed E-state index contributed by atoms with van der Waals surface area (Å²) in [5.74, 6) is 0.815. The molecule has 1 N–H and O–H groups in total. The van der Waals surface area contributed by atoms with Crippen LogP contribution in [0, 0.1) is 5.92 Å². The number of hydrogen-bond donors (Lipinski definition) is 1. The van der Waals surface area contributed by atoms with E-state index in [9.17, 15) is 4.79 Å². The normalized spacial score (nSPS) is 23.9. The topological polar surface area (TPSA) is 68.0 Å². The van der Waals surface area contributed by atoms with Gasteiger partial charge < -0.3 is 9.88 Å². The molecule has 1 saturated heterocycles. The second-order valence-corrected chi connectivity index (χ2v) is 7.67. The van der Waals surface area contributed by atoms with Gasteiger partial charge in [-0.2, -0.15) is 5.10 Å². The number of piperidine rings is 1. The second kappa shape index (κ2) is 7.23. The summed E-state index contributed by atoms with van der Waals surface area (Å²) in [4.78, 5) is 19.8. The highest BCUT2D eigenvalue weighted by Gasteiger charge is 2.44. The molecule has 2 aliphatic rings. The highest BCUT2D eigenvalue weighted by Crippen LogP contribution is 2.32. The van der Waals surface area contributed by atoms with Crippen molar-refractivity contribution in [1.82, 2.24) is 29.5 Å². The van der Waals surface area contributed by atoms with Crippen LogP contribution in [0.15, 0.2) is 31.1 Å². The molecule has 1 amide bonds. The molecule has 1 atom stereocenters. The average Bonchev–Trinajstić information content (AvgIpc) is 3.12. The molecule has 140 valence electrons. The lowest BCUT2D eigenvalue weighted by molar-refractivity contribution is -0.133. The quantitative estimate of drug-likeness (QED) is 0.819. The summed E-state index contributed by atoms with van der Waals surface area (Å²) < 4.78 is 3.96. The smallest absolute Gasteiger partial charge is 0.247 e. The number of hydrogen-bond acceptors (Lipinski definition) is 4. The molecule has 0 radical (unpaired) electrons. The minimum Gasteiger partial charge on any atom is -0.354 e. The fourth-order valence-corrected chi connectivity index (χ4v) is 3.93. The summed E-state index contributed by atoms with van der Waals surface area (Å²) in [6, 6.07) is 0. The third-order valence-electron chi connectivity index (χ3n) is 5.64. The van der Waals surface area contributed by atoms with Gasteiger partial charge >= 0.3 is 0 Å². The number of aromatic nitrogens is 4. The van der Waals surface area contributed by atoms with Gasteiger partial charge in [-0.1, -0.05) is 0 Å². The fraction of sp³-hybridized carbons (Fsp3) is 0.632. The van der Waals surface area contributed by atoms with Gasteiger partial charge in [-0.05, 0) is 45.1 Å². The van der Waals surface area contributed by atoms with Crippen LogP contribution in [0.1, 0.15) is 38.2 Å². The van der Waals surface area contributed by atoms with Crippen molar-refractivity contribution in [2.45, 2.75) is 51.2 Å². The Kier molecular flexibility index (Phi) is 4.80. The van der Waals surface area contributed by atoms with Crippen LogP contribution >= 0.6 is 0 Å². The molecule has 0 spiro atoms. The molecule has 7 heteroatoms. The molecule has 0 aromatic carbocycles. The van der Waals surface area contributed by atoms with Gasteiger partial charge in [-0.15, -0.1) is 0 Å². The highest BCUT2D eigenvalue weighted by molar-refractivity contribution is 5.85. The predicted molar refractivity (Wildman–Crippen MR) is 98.3 cm³/mol. The summed E-state index contributed by atoms with van der Waals surface area (Å²) in [7, 11) is 0. The van der Waals surface area contributed by atoms with E-state index in [1.54, 1.807) is 12.5 Å². The molecule has 1 unspecified atom stereocenters. The SMILES string of the molecule is CCn1cc(CN2CCCC(C(=O)NCC3CC3)(n3ccnc3)C2)cn1. The maximum Gasteiger partial charge on any atom is 0.247 e. The lowest BCUT2D eigenvalue weighted by atomic mass is 9.87. The summed E-state index contributed by atoms with van der Waals surface area (Å²) in [6.45, 7) is 6.31. The summed E-state index contributed by atoms with van der Waals surface area (Å²) in [6.07, 6.45) is 13.8. The van der Waals surface area contributed by atoms with Crippen LogP contribution in [0.5, 0.6) is 0 Å². The third-order valence-corrected chi connectivity index (χ3v) is 5.64. The minimum atomic E-state index is -0.565. The van der Waals surface area contributed by atoms with Crippen LogP contribution < -0.4 is 5.32 Å². The van der Waals surface area contributed by atoms with E-state index in [4.69, 9.17) is 0 Å². The van der Waals surface area contributed by atoms with Gasteiger partial charge in [-0.3, -0.25) is 14.4 Å². The molecular weight excluding hydrogens is 328 g/mol. The molecule has 1 aliphatic carbocycles. The summed E-state index contributed by atoms with van der Waals surface area (Å²) in [5, 5.41) is 7.58. The standard InChI is InChI=1S/C19H28N6O/c1-2-25-13-17(11-22-25)12-23-8-3-6-19(14-23,24-9-7-20-15-24)18(26)21-10-16-4-5-16/h7,9,11,13,15-16H,2-6,8,10,12,14H2,1H3,(H,21,26). The lowest BCUT2D eigenvalue weighted by Crippen LogP contribution is -2.58. The Hall–Kier alpha value is -2.15. The molecular formula is C19H28N6O. The zero-order valence-corrected chi connectivity index (χ0v) is 15.5. The predicted octanol–water partition coefficient (Wildman–Crippen LogP) is 1.62. The van der Waals surface area contributed by atoms with Crippen LogP contribution in [0.2, 0.25) is 0 Å². The maximum atomic E-state index is 13.2. The van der Waals surface area contributed by atoms with Crippen molar-refractivity contribution >= 4 is 5.91 Å². The van der Waals surface area contributed by atoms with E-state index >= 15 is 0 Å². The first-order chi connectivity index (χ1) is 12.7. The highest BCUT2D eigenvalue weighted by atomic mass is 16.2. The number of likely N-dealkylation sites (tertiary alicyclic amines) is 1. The number of imidazole rings is 1. The largest absolute Gasteiger partial charge is 0.354 e. The van der Waals surface area contributed by atoms with Gasteiger partial charge in [0.1, 0.15) is 5.54 Å². The van der Waals surface area contributed by atoms with Crippen molar-refractivity contribution in [3.63, 3.8) is 0 Å². The zero-order chi connectivity index (χ0) is 18.0. The molecule has 2 aromatic rings. The zero-order valence-electron chi connectivity index (χ0n) is 15.5. The number of carbonyl (C=O) groups is 1. The van der Waals surface area contributed by atoms with Crippen LogP contribution in [-0.2, 0) is 23.4 Å². The van der Waals surface area contributed by atoms with E-state index in [-0.39, 0.29) is 5.91 Å². The minimum absolute atomic E-state index is 0.136. The summed E-state index contributed by atoms with van der Waals surface area (Å²) in [5.41, 5.74) is 0.636. The first-order valence-electron chi connectivity index (χ1n) is 9.70. The summed E-state index contributed by atoms with van der Waals surface area (Å²) >= 11 is 0. The van der Waals surface area contributed by atoms with E-state index in [1.807, 2.05) is 21.6 Å². The molecule has 0 bridgehead atoms. The van der Waals surface area contributed by atoms with Gasteiger partial charge in [0.2, 0.25) is 5.91 Å².